The molecule has 2 heterocycles. The molecule has 0 saturated heterocycles. The van der Waals surface area contributed by atoms with Crippen LogP contribution in [0.2, 0.25) is 0 Å². The van der Waals surface area contributed by atoms with E-state index < -0.39 is 12.5 Å². The Labute approximate surface area is 204 Å². The lowest BCUT2D eigenvalue weighted by Gasteiger charge is -2.32. The molecule has 1 aliphatic heterocycles. The summed E-state index contributed by atoms with van der Waals surface area (Å²) in [6, 6.07) is 19.3. The summed E-state index contributed by atoms with van der Waals surface area (Å²) in [4.78, 5) is 0. The maximum absolute atomic E-state index is 11.3. The van der Waals surface area contributed by atoms with Crippen LogP contribution in [0.4, 0.5) is 5.69 Å². The Bertz CT molecular complexity index is 1430. The first-order valence-corrected chi connectivity index (χ1v) is 11.6. The van der Waals surface area contributed by atoms with Gasteiger partial charge >= 0.3 is 0 Å². The van der Waals surface area contributed by atoms with Gasteiger partial charge in [0.15, 0.2) is 6.23 Å². The van der Waals surface area contributed by atoms with Gasteiger partial charge in [0.05, 0.1) is 29.7 Å². The topological polar surface area (TPSA) is 107 Å². The van der Waals surface area contributed by atoms with Crippen molar-refractivity contribution in [3.63, 3.8) is 0 Å². The highest BCUT2D eigenvalue weighted by Crippen LogP contribution is 2.38. The van der Waals surface area contributed by atoms with Crippen molar-refractivity contribution in [1.29, 1.82) is 0 Å². The van der Waals surface area contributed by atoms with Crippen molar-refractivity contribution in [2.24, 2.45) is 10.8 Å². The number of hydrazone groups is 1. The first-order valence-electron chi connectivity index (χ1n) is 11.6. The van der Waals surface area contributed by atoms with Crippen molar-refractivity contribution in [3.05, 3.63) is 94.7 Å². The molecule has 2 unspecified atom stereocenters. The largest absolute Gasteiger partial charge is 0.392 e. The van der Waals surface area contributed by atoms with E-state index in [9.17, 15) is 15.3 Å². The number of rotatable bonds is 4. The number of hydrogen-bond donors (Lipinski definition) is 4. The minimum atomic E-state index is -1.13. The minimum Gasteiger partial charge on any atom is -0.392 e. The molecule has 0 saturated carbocycles. The number of hydrogen-bond acceptors (Lipinski definition) is 6. The Morgan fingerprint density at radius 2 is 1.77 bits per heavy atom. The Kier molecular flexibility index (Phi) is 5.73. The van der Waals surface area contributed by atoms with Gasteiger partial charge in [0.25, 0.3) is 0 Å². The predicted octanol–water partition coefficient (Wildman–Crippen LogP) is 4.21. The average molecular weight is 471 g/mol. The van der Waals surface area contributed by atoms with E-state index in [0.29, 0.717) is 22.5 Å². The van der Waals surface area contributed by atoms with Crippen molar-refractivity contribution in [3.8, 4) is 5.69 Å². The van der Waals surface area contributed by atoms with E-state index in [-0.39, 0.29) is 12.0 Å². The zero-order valence-electron chi connectivity index (χ0n) is 20.1. The molecule has 7 heteroatoms. The highest BCUT2D eigenvalue weighted by Gasteiger charge is 2.28. The standard InChI is InChI=1S/C28H30N4O3/c1-28(2,3)18-11-12-19-17(13-18)14-30-32(27(19)35)25-10-6-9-24(22(25)16-33)31-15-21(26(29)34)20-7-4-5-8-23(20)31/h4-15,26-27,33-35H,16,29H2,1-3H3. The summed E-state index contributed by atoms with van der Waals surface area (Å²) in [5.74, 6) is 0. The van der Waals surface area contributed by atoms with Crippen LogP contribution in [0.5, 0.6) is 0 Å². The Morgan fingerprint density at radius 1 is 1.03 bits per heavy atom. The smallest absolute Gasteiger partial charge is 0.174 e. The van der Waals surface area contributed by atoms with Crippen LogP contribution in [-0.2, 0) is 12.0 Å². The van der Waals surface area contributed by atoms with E-state index in [4.69, 9.17) is 5.73 Å². The highest BCUT2D eigenvalue weighted by atomic mass is 16.3. The SMILES string of the molecule is CC(C)(C)c1ccc2c(c1)C=NN(c1cccc(-n3cc(C(N)O)c4ccccc43)c1CO)C2O. The quantitative estimate of drug-likeness (QED) is 0.334. The lowest BCUT2D eigenvalue weighted by molar-refractivity contribution is 0.170. The number of aliphatic hydroxyl groups excluding tert-OH is 3. The molecule has 1 aromatic heterocycles. The molecule has 0 amide bonds. The number of nitrogens with two attached hydrogens (primary N) is 1. The van der Waals surface area contributed by atoms with Crippen LogP contribution in [0.1, 0.15) is 61.0 Å². The molecule has 0 fully saturated rings. The van der Waals surface area contributed by atoms with Gasteiger partial charge in [-0.1, -0.05) is 57.2 Å². The number of aromatic nitrogens is 1. The lowest BCUT2D eigenvalue weighted by Crippen LogP contribution is -2.29. The number of para-hydroxylation sites is 1. The predicted molar refractivity (Wildman–Crippen MR) is 139 cm³/mol. The van der Waals surface area contributed by atoms with Crippen LogP contribution in [0.3, 0.4) is 0 Å². The van der Waals surface area contributed by atoms with Gasteiger partial charge in [-0.15, -0.1) is 0 Å². The zero-order valence-corrected chi connectivity index (χ0v) is 20.1. The number of fused-ring (bicyclic) bond motifs is 2. The Balaban J connectivity index is 1.62. The molecule has 0 radical (unpaired) electrons. The molecular formula is C28H30N4O3. The summed E-state index contributed by atoms with van der Waals surface area (Å²) in [5.41, 5.74) is 11.9. The summed E-state index contributed by atoms with van der Waals surface area (Å²) >= 11 is 0. The third kappa shape index (κ3) is 3.92. The van der Waals surface area contributed by atoms with Gasteiger partial charge < -0.3 is 25.6 Å². The third-order valence-electron chi connectivity index (χ3n) is 6.64. The van der Waals surface area contributed by atoms with Crippen LogP contribution in [0.15, 0.2) is 72.0 Å². The van der Waals surface area contributed by atoms with Gasteiger partial charge in [0, 0.05) is 33.8 Å². The fourth-order valence-electron chi connectivity index (χ4n) is 4.71. The molecule has 5 rings (SSSR count). The zero-order chi connectivity index (χ0) is 24.9. The van der Waals surface area contributed by atoms with E-state index in [0.717, 1.165) is 22.0 Å². The summed E-state index contributed by atoms with van der Waals surface area (Å²) in [7, 11) is 0. The average Bonchev–Trinajstić information content (AvgIpc) is 3.23. The van der Waals surface area contributed by atoms with E-state index in [1.54, 1.807) is 12.4 Å². The maximum Gasteiger partial charge on any atom is 0.174 e. The first kappa shape index (κ1) is 23.3. The summed E-state index contributed by atoms with van der Waals surface area (Å²) in [5, 5.41) is 38.7. The molecule has 4 aromatic rings. The minimum absolute atomic E-state index is 0.0150. The monoisotopic (exact) mass is 470 g/mol. The molecule has 180 valence electrons. The van der Waals surface area contributed by atoms with Crippen molar-refractivity contribution in [1.82, 2.24) is 4.57 Å². The van der Waals surface area contributed by atoms with Crippen molar-refractivity contribution in [2.45, 2.75) is 45.2 Å². The Hall–Kier alpha value is -3.49. The highest BCUT2D eigenvalue weighted by molar-refractivity contribution is 5.88. The molecule has 7 nitrogen and oxygen atoms in total. The van der Waals surface area contributed by atoms with Crippen LogP contribution < -0.4 is 10.7 Å². The molecule has 35 heavy (non-hydrogen) atoms. The second-order valence-corrected chi connectivity index (χ2v) is 9.91. The van der Waals surface area contributed by atoms with Crippen LogP contribution >= 0.6 is 0 Å². The van der Waals surface area contributed by atoms with E-state index >= 15 is 0 Å². The summed E-state index contributed by atoms with van der Waals surface area (Å²) < 4.78 is 1.90. The van der Waals surface area contributed by atoms with E-state index in [2.05, 4.69) is 31.9 Å². The number of nitrogens with zero attached hydrogens (tertiary/aromatic N) is 3. The molecule has 5 N–H and O–H groups in total. The van der Waals surface area contributed by atoms with Crippen molar-refractivity contribution < 1.29 is 15.3 Å². The van der Waals surface area contributed by atoms with Gasteiger partial charge in [-0.25, -0.2) is 5.01 Å². The molecule has 1 aliphatic rings. The van der Waals surface area contributed by atoms with Crippen molar-refractivity contribution >= 4 is 22.8 Å². The fraction of sp³-hybridized carbons (Fsp3) is 0.250. The van der Waals surface area contributed by atoms with E-state index in [1.165, 1.54) is 10.6 Å². The van der Waals surface area contributed by atoms with Crippen molar-refractivity contribution in [2.75, 3.05) is 5.01 Å². The van der Waals surface area contributed by atoms with Crippen LogP contribution in [0.25, 0.3) is 16.6 Å². The second-order valence-electron chi connectivity index (χ2n) is 9.91. The van der Waals surface area contributed by atoms with Gasteiger partial charge in [-0.3, -0.25) is 0 Å². The van der Waals surface area contributed by atoms with Gasteiger partial charge in [0.1, 0.15) is 6.23 Å². The number of benzene rings is 3. The molecule has 0 aliphatic carbocycles. The van der Waals surface area contributed by atoms with Crippen LogP contribution in [-0.4, -0.2) is 26.1 Å². The maximum atomic E-state index is 11.3. The fourth-order valence-corrected chi connectivity index (χ4v) is 4.71. The summed E-state index contributed by atoms with van der Waals surface area (Å²) in [6.45, 7) is 6.18. The first-order chi connectivity index (χ1) is 16.7. The number of aliphatic hydroxyl groups is 3. The molecule has 2 atom stereocenters. The molecule has 0 bridgehead atoms. The lowest BCUT2D eigenvalue weighted by atomic mass is 9.85. The van der Waals surface area contributed by atoms with Crippen LogP contribution in [0, 0.1) is 0 Å². The molecule has 0 spiro atoms. The number of anilines is 1. The summed E-state index contributed by atoms with van der Waals surface area (Å²) in [6.07, 6.45) is 1.39. The van der Waals surface area contributed by atoms with Gasteiger partial charge in [-0.05, 0) is 35.2 Å². The van der Waals surface area contributed by atoms with Gasteiger partial charge in [-0.2, -0.15) is 5.10 Å². The normalized spacial score (nSPS) is 16.5. The third-order valence-corrected chi connectivity index (χ3v) is 6.64. The molecule has 3 aromatic carbocycles. The molecular weight excluding hydrogens is 440 g/mol. The second kappa shape index (κ2) is 8.62. The van der Waals surface area contributed by atoms with Gasteiger partial charge in [0.2, 0.25) is 0 Å². The van der Waals surface area contributed by atoms with E-state index in [1.807, 2.05) is 59.2 Å². The Morgan fingerprint density at radius 3 is 2.49 bits per heavy atom.